The van der Waals surface area contributed by atoms with Gasteiger partial charge in [0.05, 0.1) is 6.54 Å². The predicted molar refractivity (Wildman–Crippen MR) is 75.4 cm³/mol. The summed E-state index contributed by atoms with van der Waals surface area (Å²) in [4.78, 5) is 33.1. The van der Waals surface area contributed by atoms with E-state index in [4.69, 9.17) is 5.11 Å². The Hall–Kier alpha value is -1.79. The standard InChI is InChI=1S/C13H25N3O4/c1-3-5-7-10(6-4-2)16-13(20)15-8-11(17)14-9-12(18)19/h10H,3-9H2,1-2H3,(H,14,17)(H,18,19)(H2,15,16,20). The molecule has 0 saturated carbocycles. The van der Waals surface area contributed by atoms with Gasteiger partial charge in [-0.1, -0.05) is 33.1 Å². The number of amides is 3. The molecule has 1 atom stereocenters. The fourth-order valence-corrected chi connectivity index (χ4v) is 1.72. The van der Waals surface area contributed by atoms with Crippen LogP contribution in [0.4, 0.5) is 4.79 Å². The van der Waals surface area contributed by atoms with Crippen LogP contribution in [0.15, 0.2) is 0 Å². The number of rotatable bonds is 10. The van der Waals surface area contributed by atoms with Gasteiger partial charge in [0.1, 0.15) is 6.54 Å². The average Bonchev–Trinajstić information content (AvgIpc) is 2.40. The van der Waals surface area contributed by atoms with Gasteiger partial charge in [-0.3, -0.25) is 9.59 Å². The van der Waals surface area contributed by atoms with Gasteiger partial charge in [-0.05, 0) is 12.8 Å². The van der Waals surface area contributed by atoms with E-state index in [1.54, 1.807) is 0 Å². The Morgan fingerprint density at radius 2 is 1.70 bits per heavy atom. The summed E-state index contributed by atoms with van der Waals surface area (Å²) in [7, 11) is 0. The SMILES string of the molecule is CCCCC(CCC)NC(=O)NCC(=O)NCC(=O)O. The van der Waals surface area contributed by atoms with Crippen molar-refractivity contribution >= 4 is 17.9 Å². The molecule has 4 N–H and O–H groups in total. The van der Waals surface area contributed by atoms with E-state index in [-0.39, 0.29) is 12.6 Å². The second-order valence-corrected chi connectivity index (χ2v) is 4.63. The van der Waals surface area contributed by atoms with Gasteiger partial charge in [0.2, 0.25) is 5.91 Å². The molecule has 0 aliphatic carbocycles. The van der Waals surface area contributed by atoms with Crippen LogP contribution in [0.1, 0.15) is 46.0 Å². The summed E-state index contributed by atoms with van der Waals surface area (Å²) in [5.74, 6) is -1.64. The van der Waals surface area contributed by atoms with Crippen LogP contribution in [0.2, 0.25) is 0 Å². The van der Waals surface area contributed by atoms with Gasteiger partial charge in [0, 0.05) is 6.04 Å². The molecule has 20 heavy (non-hydrogen) atoms. The van der Waals surface area contributed by atoms with Crippen molar-refractivity contribution < 1.29 is 19.5 Å². The van der Waals surface area contributed by atoms with Gasteiger partial charge >= 0.3 is 12.0 Å². The molecule has 0 aromatic rings. The Morgan fingerprint density at radius 1 is 1.00 bits per heavy atom. The van der Waals surface area contributed by atoms with Gasteiger partial charge in [0.25, 0.3) is 0 Å². The van der Waals surface area contributed by atoms with E-state index in [2.05, 4.69) is 29.8 Å². The van der Waals surface area contributed by atoms with Crippen molar-refractivity contribution in [1.29, 1.82) is 0 Å². The molecule has 0 rings (SSSR count). The lowest BCUT2D eigenvalue weighted by Crippen LogP contribution is -2.46. The molecule has 0 spiro atoms. The maximum absolute atomic E-state index is 11.6. The van der Waals surface area contributed by atoms with E-state index in [9.17, 15) is 14.4 Å². The second-order valence-electron chi connectivity index (χ2n) is 4.63. The quantitative estimate of drug-likeness (QED) is 0.477. The van der Waals surface area contributed by atoms with E-state index >= 15 is 0 Å². The molecule has 0 aromatic carbocycles. The van der Waals surface area contributed by atoms with Crippen molar-refractivity contribution in [1.82, 2.24) is 16.0 Å². The number of hydrogen-bond acceptors (Lipinski definition) is 3. The van der Waals surface area contributed by atoms with E-state index in [1.807, 2.05) is 0 Å². The summed E-state index contributed by atoms with van der Waals surface area (Å²) < 4.78 is 0. The highest BCUT2D eigenvalue weighted by molar-refractivity contribution is 5.86. The van der Waals surface area contributed by atoms with Crippen molar-refractivity contribution in [2.24, 2.45) is 0 Å². The summed E-state index contributed by atoms with van der Waals surface area (Å²) >= 11 is 0. The number of carboxylic acid groups (broad SMARTS) is 1. The molecule has 0 fully saturated rings. The molecule has 0 aliphatic heterocycles. The van der Waals surface area contributed by atoms with Gasteiger partial charge < -0.3 is 21.1 Å². The first-order valence-electron chi connectivity index (χ1n) is 7.02. The van der Waals surface area contributed by atoms with Crippen LogP contribution in [-0.2, 0) is 9.59 Å². The van der Waals surface area contributed by atoms with Crippen LogP contribution < -0.4 is 16.0 Å². The average molecular weight is 287 g/mol. The number of aliphatic carboxylic acids is 1. The molecular formula is C13H25N3O4. The topological polar surface area (TPSA) is 108 Å². The lowest BCUT2D eigenvalue weighted by atomic mass is 10.1. The van der Waals surface area contributed by atoms with Crippen LogP contribution >= 0.6 is 0 Å². The van der Waals surface area contributed by atoms with Crippen molar-refractivity contribution in [2.45, 2.75) is 52.0 Å². The van der Waals surface area contributed by atoms with Crippen molar-refractivity contribution in [3.05, 3.63) is 0 Å². The fourth-order valence-electron chi connectivity index (χ4n) is 1.72. The van der Waals surface area contributed by atoms with Gasteiger partial charge in [-0.2, -0.15) is 0 Å². The molecule has 0 aliphatic rings. The van der Waals surface area contributed by atoms with Crippen molar-refractivity contribution in [3.8, 4) is 0 Å². The third-order valence-corrected chi connectivity index (χ3v) is 2.72. The maximum atomic E-state index is 11.6. The van der Waals surface area contributed by atoms with Crippen LogP contribution in [0.25, 0.3) is 0 Å². The molecule has 7 heteroatoms. The molecule has 3 amide bonds. The van der Waals surface area contributed by atoms with E-state index in [0.717, 1.165) is 32.1 Å². The lowest BCUT2D eigenvalue weighted by molar-refractivity contribution is -0.137. The summed E-state index contributed by atoms with van der Waals surface area (Å²) in [5.41, 5.74) is 0. The normalized spacial score (nSPS) is 11.5. The molecule has 0 radical (unpaired) electrons. The van der Waals surface area contributed by atoms with E-state index < -0.39 is 24.5 Å². The van der Waals surface area contributed by atoms with Crippen LogP contribution in [0.5, 0.6) is 0 Å². The molecule has 0 bridgehead atoms. The zero-order valence-electron chi connectivity index (χ0n) is 12.2. The van der Waals surface area contributed by atoms with Crippen molar-refractivity contribution in [2.75, 3.05) is 13.1 Å². The fraction of sp³-hybridized carbons (Fsp3) is 0.769. The first-order valence-corrected chi connectivity index (χ1v) is 7.02. The highest BCUT2D eigenvalue weighted by Gasteiger charge is 2.12. The lowest BCUT2D eigenvalue weighted by Gasteiger charge is -2.18. The summed E-state index contributed by atoms with van der Waals surface area (Å²) in [6.45, 7) is 3.47. The summed E-state index contributed by atoms with van der Waals surface area (Å²) in [6, 6.07) is -0.285. The van der Waals surface area contributed by atoms with E-state index in [0.29, 0.717) is 0 Å². The Bertz CT molecular complexity index is 321. The minimum absolute atomic E-state index is 0.113. The Labute approximate surface area is 119 Å². The Kier molecular flexibility index (Phi) is 10.1. The summed E-state index contributed by atoms with van der Waals surface area (Å²) in [6.07, 6.45) is 4.92. The highest BCUT2D eigenvalue weighted by atomic mass is 16.4. The van der Waals surface area contributed by atoms with Crippen LogP contribution in [-0.4, -0.2) is 42.1 Å². The van der Waals surface area contributed by atoms with Gasteiger partial charge in [-0.25, -0.2) is 4.79 Å². The van der Waals surface area contributed by atoms with Gasteiger partial charge in [0.15, 0.2) is 0 Å². The second kappa shape index (κ2) is 11.1. The third kappa shape index (κ3) is 10.2. The van der Waals surface area contributed by atoms with Crippen LogP contribution in [0, 0.1) is 0 Å². The summed E-state index contributed by atoms with van der Waals surface area (Å²) in [5, 5.41) is 15.8. The predicted octanol–water partition coefficient (Wildman–Crippen LogP) is 0.845. The number of carbonyl (C=O) groups is 3. The highest BCUT2D eigenvalue weighted by Crippen LogP contribution is 2.06. The molecule has 0 aromatic heterocycles. The largest absolute Gasteiger partial charge is 0.480 e. The number of urea groups is 1. The smallest absolute Gasteiger partial charge is 0.322 e. The third-order valence-electron chi connectivity index (χ3n) is 2.72. The number of nitrogens with one attached hydrogen (secondary N) is 3. The molecule has 116 valence electrons. The zero-order valence-corrected chi connectivity index (χ0v) is 12.2. The molecule has 1 unspecified atom stereocenters. The zero-order chi connectivity index (χ0) is 15.4. The maximum Gasteiger partial charge on any atom is 0.322 e. The van der Waals surface area contributed by atoms with Gasteiger partial charge in [-0.15, -0.1) is 0 Å². The number of carbonyl (C=O) groups excluding carboxylic acids is 2. The molecule has 7 nitrogen and oxygen atoms in total. The minimum Gasteiger partial charge on any atom is -0.480 e. The van der Waals surface area contributed by atoms with Crippen molar-refractivity contribution in [3.63, 3.8) is 0 Å². The minimum atomic E-state index is -1.12. The van der Waals surface area contributed by atoms with Crippen LogP contribution in [0.3, 0.4) is 0 Å². The first kappa shape index (κ1) is 18.2. The molecular weight excluding hydrogens is 262 g/mol. The monoisotopic (exact) mass is 287 g/mol. The van der Waals surface area contributed by atoms with E-state index in [1.165, 1.54) is 0 Å². The molecule has 0 heterocycles. The first-order chi connectivity index (χ1) is 9.49. The Balaban J connectivity index is 3.93. The number of carboxylic acids is 1. The number of hydrogen-bond donors (Lipinski definition) is 4. The Morgan fingerprint density at radius 3 is 2.25 bits per heavy atom. The molecule has 0 saturated heterocycles. The number of unbranched alkanes of at least 4 members (excludes halogenated alkanes) is 1.